The Labute approximate surface area is 90.9 Å². The van der Waals surface area contributed by atoms with Gasteiger partial charge in [-0.25, -0.2) is 4.39 Å². The quantitative estimate of drug-likeness (QED) is 0.720. The molecule has 1 aromatic carbocycles. The minimum atomic E-state index is -0.147. The van der Waals surface area contributed by atoms with E-state index in [0.29, 0.717) is 0 Å². The van der Waals surface area contributed by atoms with E-state index in [1.165, 1.54) is 31.5 Å². The topological polar surface area (TPSA) is 3.24 Å². The van der Waals surface area contributed by atoms with Gasteiger partial charge < -0.3 is 0 Å². The third-order valence-corrected chi connectivity index (χ3v) is 3.06. The number of hydrogen-bond donors (Lipinski definition) is 0. The normalized spacial score (nSPS) is 22.9. The molecule has 82 valence electrons. The average molecular weight is 207 g/mol. The number of halogens is 1. The highest BCUT2D eigenvalue weighted by molar-refractivity contribution is 5.15. The summed E-state index contributed by atoms with van der Waals surface area (Å²) in [6, 6.07) is 6.86. The number of nitrogens with zero attached hydrogens (tertiary/aromatic N) is 1. The SMILES string of the molecule is C[C@@H]1CCCN(Cc2ccc(F)cc2)C1. The van der Waals surface area contributed by atoms with E-state index in [1.54, 1.807) is 12.1 Å². The van der Waals surface area contributed by atoms with Gasteiger partial charge >= 0.3 is 0 Å². The minimum Gasteiger partial charge on any atom is -0.299 e. The Morgan fingerprint density at radius 3 is 2.73 bits per heavy atom. The highest BCUT2D eigenvalue weighted by Gasteiger charge is 2.15. The molecule has 1 atom stereocenters. The van der Waals surface area contributed by atoms with Crippen LogP contribution in [0.25, 0.3) is 0 Å². The van der Waals surface area contributed by atoms with Crippen molar-refractivity contribution < 1.29 is 4.39 Å². The fraction of sp³-hybridized carbons (Fsp3) is 0.538. The van der Waals surface area contributed by atoms with Crippen molar-refractivity contribution in [2.24, 2.45) is 5.92 Å². The van der Waals surface area contributed by atoms with E-state index in [9.17, 15) is 4.39 Å². The molecule has 1 aliphatic rings. The lowest BCUT2D eigenvalue weighted by atomic mass is 10.00. The van der Waals surface area contributed by atoms with E-state index in [0.717, 1.165) is 12.5 Å². The molecule has 15 heavy (non-hydrogen) atoms. The van der Waals surface area contributed by atoms with Crippen molar-refractivity contribution in [2.45, 2.75) is 26.3 Å². The van der Waals surface area contributed by atoms with Crippen LogP contribution < -0.4 is 0 Å². The standard InChI is InChI=1S/C13H18FN/c1-11-3-2-8-15(9-11)10-12-4-6-13(14)7-5-12/h4-7,11H,2-3,8-10H2,1H3/t11-/m1/s1. The largest absolute Gasteiger partial charge is 0.299 e. The van der Waals surface area contributed by atoms with E-state index in [2.05, 4.69) is 11.8 Å². The van der Waals surface area contributed by atoms with Crippen LogP contribution in [0.15, 0.2) is 24.3 Å². The van der Waals surface area contributed by atoms with Gasteiger partial charge in [0.25, 0.3) is 0 Å². The molecule has 1 nitrogen and oxygen atoms in total. The van der Waals surface area contributed by atoms with Crippen molar-refractivity contribution >= 4 is 0 Å². The maximum atomic E-state index is 12.7. The molecule has 0 bridgehead atoms. The second-order valence-corrected chi connectivity index (χ2v) is 4.61. The summed E-state index contributed by atoms with van der Waals surface area (Å²) in [5.41, 5.74) is 1.21. The molecular weight excluding hydrogens is 189 g/mol. The third kappa shape index (κ3) is 3.03. The molecule has 2 rings (SSSR count). The van der Waals surface area contributed by atoms with Crippen molar-refractivity contribution in [3.05, 3.63) is 35.6 Å². The van der Waals surface area contributed by atoms with Crippen LogP contribution in [0.3, 0.4) is 0 Å². The molecule has 1 aromatic rings. The molecular formula is C13H18FN. The molecule has 0 saturated carbocycles. The van der Waals surface area contributed by atoms with Gasteiger partial charge in [-0.1, -0.05) is 19.1 Å². The van der Waals surface area contributed by atoms with Gasteiger partial charge in [0.2, 0.25) is 0 Å². The smallest absolute Gasteiger partial charge is 0.123 e. The first-order valence-electron chi connectivity index (χ1n) is 5.71. The first kappa shape index (κ1) is 10.6. The Balaban J connectivity index is 1.93. The van der Waals surface area contributed by atoms with Gasteiger partial charge in [0.15, 0.2) is 0 Å². The summed E-state index contributed by atoms with van der Waals surface area (Å²) in [5, 5.41) is 0. The number of likely N-dealkylation sites (tertiary alicyclic amines) is 1. The van der Waals surface area contributed by atoms with Crippen LogP contribution in [-0.4, -0.2) is 18.0 Å². The van der Waals surface area contributed by atoms with Crippen LogP contribution in [0.4, 0.5) is 4.39 Å². The van der Waals surface area contributed by atoms with E-state index in [4.69, 9.17) is 0 Å². The summed E-state index contributed by atoms with van der Waals surface area (Å²) in [4.78, 5) is 2.46. The zero-order valence-electron chi connectivity index (χ0n) is 9.25. The first-order valence-corrected chi connectivity index (χ1v) is 5.71. The van der Waals surface area contributed by atoms with E-state index < -0.39 is 0 Å². The predicted molar refractivity (Wildman–Crippen MR) is 60.1 cm³/mol. The molecule has 1 heterocycles. The summed E-state index contributed by atoms with van der Waals surface area (Å²) in [5.74, 6) is 0.657. The Kier molecular flexibility index (Phi) is 3.37. The lowest BCUT2D eigenvalue weighted by molar-refractivity contribution is 0.176. The molecule has 0 aromatic heterocycles. The van der Waals surface area contributed by atoms with Crippen LogP contribution >= 0.6 is 0 Å². The fourth-order valence-electron chi connectivity index (χ4n) is 2.28. The first-order chi connectivity index (χ1) is 7.24. The highest BCUT2D eigenvalue weighted by atomic mass is 19.1. The summed E-state index contributed by atoms with van der Waals surface area (Å²) in [6.45, 7) is 5.63. The van der Waals surface area contributed by atoms with Crippen molar-refractivity contribution in [3.63, 3.8) is 0 Å². The lowest BCUT2D eigenvalue weighted by Gasteiger charge is -2.30. The maximum Gasteiger partial charge on any atom is 0.123 e. The Morgan fingerprint density at radius 2 is 2.07 bits per heavy atom. The van der Waals surface area contributed by atoms with E-state index >= 15 is 0 Å². The van der Waals surface area contributed by atoms with Gasteiger partial charge in [0.1, 0.15) is 5.82 Å². The van der Waals surface area contributed by atoms with Crippen molar-refractivity contribution in [1.29, 1.82) is 0 Å². The average Bonchev–Trinajstić information content (AvgIpc) is 2.22. The summed E-state index contributed by atoms with van der Waals surface area (Å²) < 4.78 is 12.7. The number of hydrogen-bond acceptors (Lipinski definition) is 1. The van der Waals surface area contributed by atoms with Gasteiger partial charge in [-0.2, -0.15) is 0 Å². The van der Waals surface area contributed by atoms with Gasteiger partial charge in [-0.15, -0.1) is 0 Å². The molecule has 0 radical (unpaired) electrons. The fourth-order valence-corrected chi connectivity index (χ4v) is 2.28. The zero-order valence-corrected chi connectivity index (χ0v) is 9.25. The van der Waals surface area contributed by atoms with Crippen molar-refractivity contribution in [2.75, 3.05) is 13.1 Å². The lowest BCUT2D eigenvalue weighted by Crippen LogP contribution is -2.33. The van der Waals surface area contributed by atoms with Crippen LogP contribution in [0.1, 0.15) is 25.3 Å². The van der Waals surface area contributed by atoms with Crippen molar-refractivity contribution in [3.8, 4) is 0 Å². The van der Waals surface area contributed by atoms with Crippen LogP contribution in [0.5, 0.6) is 0 Å². The molecule has 0 amide bonds. The minimum absolute atomic E-state index is 0.147. The van der Waals surface area contributed by atoms with Gasteiger partial charge in [0, 0.05) is 13.1 Å². The predicted octanol–water partition coefficient (Wildman–Crippen LogP) is 3.06. The highest BCUT2D eigenvalue weighted by Crippen LogP contribution is 2.17. The molecule has 2 heteroatoms. The van der Waals surface area contributed by atoms with Crippen LogP contribution in [0.2, 0.25) is 0 Å². The molecule has 0 unspecified atom stereocenters. The summed E-state index contributed by atoms with van der Waals surface area (Å²) in [7, 11) is 0. The molecule has 1 saturated heterocycles. The molecule has 0 spiro atoms. The molecule has 0 N–H and O–H groups in total. The van der Waals surface area contributed by atoms with Crippen molar-refractivity contribution in [1.82, 2.24) is 4.90 Å². The number of benzene rings is 1. The monoisotopic (exact) mass is 207 g/mol. The van der Waals surface area contributed by atoms with Gasteiger partial charge in [0.05, 0.1) is 0 Å². The Hall–Kier alpha value is -0.890. The molecule has 1 fully saturated rings. The summed E-state index contributed by atoms with van der Waals surface area (Å²) >= 11 is 0. The second kappa shape index (κ2) is 4.75. The van der Waals surface area contributed by atoms with Crippen LogP contribution in [0, 0.1) is 11.7 Å². The Morgan fingerprint density at radius 1 is 1.33 bits per heavy atom. The molecule has 0 aliphatic carbocycles. The Bertz CT molecular complexity index is 307. The summed E-state index contributed by atoms with van der Waals surface area (Å²) in [6.07, 6.45) is 2.64. The zero-order chi connectivity index (χ0) is 10.7. The van der Waals surface area contributed by atoms with E-state index in [-0.39, 0.29) is 5.82 Å². The number of piperidine rings is 1. The van der Waals surface area contributed by atoms with E-state index in [1.807, 2.05) is 12.1 Å². The second-order valence-electron chi connectivity index (χ2n) is 4.61. The third-order valence-electron chi connectivity index (χ3n) is 3.06. The maximum absolute atomic E-state index is 12.7. The van der Waals surface area contributed by atoms with Gasteiger partial charge in [-0.3, -0.25) is 4.90 Å². The number of rotatable bonds is 2. The van der Waals surface area contributed by atoms with Gasteiger partial charge in [-0.05, 0) is 43.0 Å². The molecule has 1 aliphatic heterocycles. The van der Waals surface area contributed by atoms with Crippen LogP contribution in [-0.2, 0) is 6.54 Å².